The fourth-order valence-corrected chi connectivity index (χ4v) is 3.30. The van der Waals surface area contributed by atoms with Crippen LogP contribution in [-0.2, 0) is 0 Å². The summed E-state index contributed by atoms with van der Waals surface area (Å²) >= 11 is 1.76. The minimum atomic E-state index is 0.175. The molecule has 2 nitrogen and oxygen atoms in total. The molecule has 0 aliphatic heterocycles. The zero-order chi connectivity index (χ0) is 13.5. The molecule has 2 atom stereocenters. The van der Waals surface area contributed by atoms with Gasteiger partial charge >= 0.3 is 0 Å². The molecule has 0 aromatic carbocycles. The van der Waals surface area contributed by atoms with Gasteiger partial charge in [-0.1, -0.05) is 33.6 Å². The van der Waals surface area contributed by atoms with Gasteiger partial charge in [0, 0.05) is 12.6 Å². The summed E-state index contributed by atoms with van der Waals surface area (Å²) in [6, 6.07) is 2.75. The van der Waals surface area contributed by atoms with Gasteiger partial charge in [-0.25, -0.2) is 0 Å². The van der Waals surface area contributed by atoms with Crippen LogP contribution >= 0.6 is 11.3 Å². The van der Waals surface area contributed by atoms with Crippen molar-refractivity contribution in [1.29, 1.82) is 0 Å². The quantitative estimate of drug-likeness (QED) is 0.775. The predicted molar refractivity (Wildman–Crippen MR) is 82.0 cm³/mol. The summed E-state index contributed by atoms with van der Waals surface area (Å²) in [6.45, 7) is 11.2. The Morgan fingerprint density at radius 1 is 1.28 bits per heavy atom. The maximum Gasteiger partial charge on any atom is 0.0504 e. The van der Waals surface area contributed by atoms with Gasteiger partial charge in [-0.15, -0.1) is 0 Å². The van der Waals surface area contributed by atoms with Gasteiger partial charge in [0.05, 0.1) is 6.04 Å². The van der Waals surface area contributed by atoms with Gasteiger partial charge in [0.15, 0.2) is 0 Å². The molecule has 0 spiro atoms. The summed E-state index contributed by atoms with van der Waals surface area (Å²) in [5, 5.41) is 4.39. The van der Waals surface area contributed by atoms with Crippen molar-refractivity contribution >= 4 is 11.3 Å². The highest BCUT2D eigenvalue weighted by Gasteiger charge is 2.24. The molecule has 0 aliphatic carbocycles. The lowest BCUT2D eigenvalue weighted by molar-refractivity contribution is 0.153. The van der Waals surface area contributed by atoms with Crippen molar-refractivity contribution in [3.63, 3.8) is 0 Å². The average molecular weight is 268 g/mol. The van der Waals surface area contributed by atoms with Gasteiger partial charge in [0.1, 0.15) is 0 Å². The number of rotatable bonds is 8. The van der Waals surface area contributed by atoms with Gasteiger partial charge in [-0.05, 0) is 41.8 Å². The van der Waals surface area contributed by atoms with E-state index in [9.17, 15) is 0 Å². The molecule has 1 heterocycles. The van der Waals surface area contributed by atoms with E-state index in [0.29, 0.717) is 6.04 Å². The second-order valence-corrected chi connectivity index (χ2v) is 5.91. The smallest absolute Gasteiger partial charge is 0.0504 e. The van der Waals surface area contributed by atoms with Crippen LogP contribution < -0.4 is 5.73 Å². The van der Waals surface area contributed by atoms with E-state index in [2.05, 4.69) is 49.4 Å². The van der Waals surface area contributed by atoms with Crippen molar-refractivity contribution in [3.8, 4) is 0 Å². The van der Waals surface area contributed by atoms with Crippen LogP contribution in [0.15, 0.2) is 16.8 Å². The molecule has 1 aromatic rings. The molecule has 104 valence electrons. The summed E-state index contributed by atoms with van der Waals surface area (Å²) in [5.74, 6) is 0.782. The van der Waals surface area contributed by atoms with Crippen LogP contribution in [0.5, 0.6) is 0 Å². The van der Waals surface area contributed by atoms with Crippen LogP contribution in [0.2, 0.25) is 0 Å². The maximum absolute atomic E-state index is 6.23. The minimum Gasteiger partial charge on any atom is -0.326 e. The van der Waals surface area contributed by atoms with Crippen LogP contribution in [0.4, 0.5) is 0 Å². The zero-order valence-corrected chi connectivity index (χ0v) is 13.0. The van der Waals surface area contributed by atoms with Crippen molar-refractivity contribution in [2.24, 2.45) is 11.7 Å². The summed E-state index contributed by atoms with van der Waals surface area (Å²) in [5.41, 5.74) is 7.60. The molecule has 0 aliphatic rings. The molecule has 0 radical (unpaired) electrons. The van der Waals surface area contributed by atoms with E-state index in [4.69, 9.17) is 5.73 Å². The van der Waals surface area contributed by atoms with E-state index in [1.807, 2.05) is 0 Å². The van der Waals surface area contributed by atoms with Gasteiger partial charge < -0.3 is 5.73 Å². The van der Waals surface area contributed by atoms with Gasteiger partial charge in [-0.3, -0.25) is 4.90 Å². The van der Waals surface area contributed by atoms with E-state index in [1.165, 1.54) is 18.4 Å². The number of hydrogen-bond donors (Lipinski definition) is 1. The van der Waals surface area contributed by atoms with E-state index >= 15 is 0 Å². The summed E-state index contributed by atoms with van der Waals surface area (Å²) < 4.78 is 0. The van der Waals surface area contributed by atoms with E-state index in [0.717, 1.165) is 19.0 Å². The number of nitrogens with two attached hydrogens (primary N) is 1. The Morgan fingerprint density at radius 2 is 1.94 bits per heavy atom. The molecule has 2 N–H and O–H groups in total. The zero-order valence-electron chi connectivity index (χ0n) is 12.2. The topological polar surface area (TPSA) is 29.3 Å². The summed E-state index contributed by atoms with van der Waals surface area (Å²) in [6.07, 6.45) is 2.50. The minimum absolute atomic E-state index is 0.175. The molecule has 18 heavy (non-hydrogen) atoms. The van der Waals surface area contributed by atoms with Crippen LogP contribution in [-0.4, -0.2) is 24.0 Å². The fourth-order valence-electron chi connectivity index (χ4n) is 2.61. The molecule has 2 unspecified atom stereocenters. The Morgan fingerprint density at radius 3 is 2.33 bits per heavy atom. The molecule has 0 saturated heterocycles. The molecule has 0 bridgehead atoms. The molecular weight excluding hydrogens is 240 g/mol. The number of likely N-dealkylation sites (N-methyl/N-ethyl adjacent to an activating group) is 1. The second-order valence-electron chi connectivity index (χ2n) is 5.13. The predicted octanol–water partition coefficient (Wildman–Crippen LogP) is 3.89. The van der Waals surface area contributed by atoms with Crippen molar-refractivity contribution in [1.82, 2.24) is 4.90 Å². The largest absolute Gasteiger partial charge is 0.326 e. The van der Waals surface area contributed by atoms with Crippen LogP contribution in [0, 0.1) is 5.92 Å². The summed E-state index contributed by atoms with van der Waals surface area (Å²) in [7, 11) is 0. The normalized spacial score (nSPS) is 15.3. The third kappa shape index (κ3) is 4.08. The Kier molecular flexibility index (Phi) is 6.90. The third-order valence-electron chi connectivity index (χ3n) is 3.83. The number of thiophene rings is 1. The molecular formula is C15H28N2S. The highest BCUT2D eigenvalue weighted by Crippen LogP contribution is 2.27. The Balaban J connectivity index is 2.81. The standard InChI is InChI=1S/C15H28N2S/c1-5-13(6-2)10-17(7-3)15(12(4)16)14-8-9-18-11-14/h8-9,11-13,15H,5-7,10,16H2,1-4H3. The lowest BCUT2D eigenvalue weighted by Crippen LogP contribution is -2.41. The first kappa shape index (κ1) is 15.7. The van der Waals surface area contributed by atoms with Gasteiger partial charge in [0.2, 0.25) is 0 Å². The molecule has 0 fully saturated rings. The third-order valence-corrected chi connectivity index (χ3v) is 4.53. The number of nitrogens with zero attached hydrogens (tertiary/aromatic N) is 1. The van der Waals surface area contributed by atoms with Crippen molar-refractivity contribution < 1.29 is 0 Å². The van der Waals surface area contributed by atoms with E-state index in [-0.39, 0.29) is 6.04 Å². The second kappa shape index (κ2) is 7.93. The Bertz CT molecular complexity index is 304. The van der Waals surface area contributed by atoms with Crippen LogP contribution in [0.25, 0.3) is 0 Å². The molecule has 1 rings (SSSR count). The Hall–Kier alpha value is -0.380. The SMILES string of the molecule is CCC(CC)CN(CC)C(c1ccsc1)C(C)N. The lowest BCUT2D eigenvalue weighted by Gasteiger charge is -2.35. The van der Waals surface area contributed by atoms with Crippen molar-refractivity contribution in [3.05, 3.63) is 22.4 Å². The molecule has 0 amide bonds. The monoisotopic (exact) mass is 268 g/mol. The maximum atomic E-state index is 6.23. The van der Waals surface area contributed by atoms with E-state index in [1.54, 1.807) is 11.3 Å². The molecule has 0 saturated carbocycles. The van der Waals surface area contributed by atoms with Crippen LogP contribution in [0.3, 0.4) is 0 Å². The van der Waals surface area contributed by atoms with Crippen molar-refractivity contribution in [2.75, 3.05) is 13.1 Å². The highest BCUT2D eigenvalue weighted by atomic mass is 32.1. The van der Waals surface area contributed by atoms with Gasteiger partial charge in [-0.2, -0.15) is 11.3 Å². The Labute approximate surface area is 116 Å². The van der Waals surface area contributed by atoms with Gasteiger partial charge in [0.25, 0.3) is 0 Å². The van der Waals surface area contributed by atoms with Crippen molar-refractivity contribution in [2.45, 2.75) is 52.6 Å². The average Bonchev–Trinajstić information content (AvgIpc) is 2.87. The molecule has 1 aromatic heterocycles. The lowest BCUT2D eigenvalue weighted by atomic mass is 9.97. The summed E-state index contributed by atoms with van der Waals surface area (Å²) in [4.78, 5) is 2.55. The van der Waals surface area contributed by atoms with Crippen LogP contribution in [0.1, 0.15) is 52.1 Å². The highest BCUT2D eigenvalue weighted by molar-refractivity contribution is 7.07. The first-order chi connectivity index (χ1) is 8.63. The first-order valence-electron chi connectivity index (χ1n) is 7.15. The number of hydrogen-bond acceptors (Lipinski definition) is 3. The first-order valence-corrected chi connectivity index (χ1v) is 8.09. The molecule has 3 heteroatoms. The van der Waals surface area contributed by atoms with E-state index < -0.39 is 0 Å². The fraction of sp³-hybridized carbons (Fsp3) is 0.733.